The van der Waals surface area contributed by atoms with Gasteiger partial charge in [0.2, 0.25) is 5.82 Å². The fourth-order valence-electron chi connectivity index (χ4n) is 1.58. The summed E-state index contributed by atoms with van der Waals surface area (Å²) in [5.74, 6) is 0.614. The number of hydrazine groups is 2. The van der Waals surface area contributed by atoms with Gasteiger partial charge in [0.15, 0.2) is 0 Å². The molecule has 0 amide bonds. The second-order valence-electron chi connectivity index (χ2n) is 3.79. The van der Waals surface area contributed by atoms with Gasteiger partial charge in [0.1, 0.15) is 11.1 Å². The minimum absolute atomic E-state index is 0.0114. The van der Waals surface area contributed by atoms with Crippen LogP contribution in [0.4, 0.5) is 5.82 Å². The third-order valence-corrected chi connectivity index (χ3v) is 3.51. The fraction of sp³-hybridized carbons (Fsp3) is 0.444. The first kappa shape index (κ1) is 12.9. The van der Waals surface area contributed by atoms with Gasteiger partial charge in [-0.05, 0) is 11.8 Å². The van der Waals surface area contributed by atoms with Crippen LogP contribution in [0.3, 0.4) is 0 Å². The van der Waals surface area contributed by atoms with E-state index in [1.54, 1.807) is 15.3 Å². The Kier molecular flexibility index (Phi) is 3.55. The van der Waals surface area contributed by atoms with E-state index >= 15 is 0 Å². The topological polar surface area (TPSA) is 79.5 Å². The first-order valence-corrected chi connectivity index (χ1v) is 6.14. The minimum Gasteiger partial charge on any atom is -0.358 e. The third-order valence-electron chi connectivity index (χ3n) is 2.41. The summed E-state index contributed by atoms with van der Waals surface area (Å²) < 4.78 is 3.38. The molecule has 1 aliphatic heterocycles. The number of hydrogen-bond donors (Lipinski definition) is 1. The largest absolute Gasteiger partial charge is 0.358 e. The van der Waals surface area contributed by atoms with Crippen molar-refractivity contribution in [2.45, 2.75) is 13.5 Å². The quantitative estimate of drug-likeness (QED) is 0.497. The number of nitrogens with one attached hydrogen (secondary N) is 1. The number of aromatic nitrogens is 2. The normalized spacial score (nSPS) is 15.9. The number of nitrogens with zero attached hydrogens (tertiary/aromatic N) is 5. The Morgan fingerprint density at radius 1 is 1.61 bits per heavy atom. The fourth-order valence-corrected chi connectivity index (χ4v) is 2.39. The van der Waals surface area contributed by atoms with E-state index < -0.39 is 4.92 Å². The predicted octanol–water partition coefficient (Wildman–Crippen LogP) is 1.05. The molecule has 0 saturated carbocycles. The minimum atomic E-state index is -0.419. The number of rotatable bonds is 4. The van der Waals surface area contributed by atoms with E-state index in [1.807, 2.05) is 26.0 Å². The summed E-state index contributed by atoms with van der Waals surface area (Å²) in [5.41, 5.74) is 3.03. The molecule has 2 rings (SSSR count). The molecule has 0 fully saturated rings. The highest BCUT2D eigenvalue weighted by Crippen LogP contribution is 2.34. The Labute approximate surface area is 108 Å². The summed E-state index contributed by atoms with van der Waals surface area (Å²) in [5, 5.41) is 12.7. The van der Waals surface area contributed by atoms with Gasteiger partial charge in [0.25, 0.3) is 0 Å². The van der Waals surface area contributed by atoms with Gasteiger partial charge < -0.3 is 15.5 Å². The van der Waals surface area contributed by atoms with Crippen LogP contribution in [-0.2, 0) is 6.54 Å². The molecule has 1 aliphatic rings. The highest BCUT2D eigenvalue weighted by Gasteiger charge is 2.27. The molecule has 1 aromatic heterocycles. The Balaban J connectivity index is 2.28. The number of hydrogen-bond acceptors (Lipinski definition) is 7. The molecule has 8 nitrogen and oxygen atoms in total. The molecule has 98 valence electrons. The summed E-state index contributed by atoms with van der Waals surface area (Å²) in [4.78, 5) is 15.4. The highest BCUT2D eigenvalue weighted by atomic mass is 32.2. The SMILES string of the molecule is CCn1c([N+](=O)[O-])cnc1C1=CNN(N(C)C)S1. The van der Waals surface area contributed by atoms with Gasteiger partial charge >= 0.3 is 5.82 Å². The van der Waals surface area contributed by atoms with Gasteiger partial charge in [0, 0.05) is 32.2 Å². The van der Waals surface area contributed by atoms with Crippen molar-refractivity contribution in [2.75, 3.05) is 14.1 Å². The van der Waals surface area contributed by atoms with Crippen molar-refractivity contribution in [1.82, 2.24) is 24.5 Å². The van der Waals surface area contributed by atoms with E-state index in [9.17, 15) is 10.1 Å². The van der Waals surface area contributed by atoms with E-state index in [0.29, 0.717) is 12.4 Å². The van der Waals surface area contributed by atoms with Crippen molar-refractivity contribution in [3.8, 4) is 0 Å². The van der Waals surface area contributed by atoms with Crippen molar-refractivity contribution >= 4 is 22.7 Å². The maximum absolute atomic E-state index is 10.9. The average molecular weight is 270 g/mol. The van der Waals surface area contributed by atoms with Crippen LogP contribution in [0.25, 0.3) is 4.91 Å². The lowest BCUT2D eigenvalue weighted by Crippen LogP contribution is -2.36. The summed E-state index contributed by atoms with van der Waals surface area (Å²) in [6.07, 6.45) is 3.07. The standard InChI is InChI=1S/C9H14N6O2S/c1-4-13-8(14(16)17)6-10-9(13)7-5-11-15(18-7)12(2)3/h5-6,11H,4H2,1-3H3. The zero-order chi connectivity index (χ0) is 13.3. The van der Waals surface area contributed by atoms with Gasteiger partial charge in [-0.1, -0.05) is 4.52 Å². The number of nitro groups is 1. The molecule has 0 bridgehead atoms. The summed E-state index contributed by atoms with van der Waals surface area (Å²) in [6, 6.07) is 0. The molecule has 18 heavy (non-hydrogen) atoms. The molecule has 0 atom stereocenters. The monoisotopic (exact) mass is 270 g/mol. The maximum atomic E-state index is 10.9. The van der Waals surface area contributed by atoms with E-state index in [4.69, 9.17) is 0 Å². The van der Waals surface area contributed by atoms with Crippen LogP contribution in [0, 0.1) is 10.1 Å². The molecule has 1 N–H and O–H groups in total. The lowest BCUT2D eigenvalue weighted by atomic mass is 10.5. The van der Waals surface area contributed by atoms with Crippen LogP contribution in [0.1, 0.15) is 12.7 Å². The Morgan fingerprint density at radius 2 is 2.33 bits per heavy atom. The van der Waals surface area contributed by atoms with Crippen molar-refractivity contribution in [3.05, 3.63) is 28.3 Å². The number of imidazole rings is 1. The van der Waals surface area contributed by atoms with Crippen LogP contribution in [-0.4, -0.2) is 38.1 Å². The van der Waals surface area contributed by atoms with E-state index in [0.717, 1.165) is 4.91 Å². The molecule has 0 unspecified atom stereocenters. The van der Waals surface area contributed by atoms with Gasteiger partial charge in [-0.2, -0.15) is 0 Å². The molecule has 9 heteroatoms. The molecule has 0 radical (unpaired) electrons. The zero-order valence-corrected chi connectivity index (χ0v) is 11.1. The third kappa shape index (κ3) is 2.19. The van der Waals surface area contributed by atoms with Crippen molar-refractivity contribution in [1.29, 1.82) is 0 Å². The second-order valence-corrected chi connectivity index (χ2v) is 4.76. The van der Waals surface area contributed by atoms with Crippen molar-refractivity contribution in [2.24, 2.45) is 0 Å². The van der Waals surface area contributed by atoms with Crippen molar-refractivity contribution in [3.63, 3.8) is 0 Å². The average Bonchev–Trinajstić information content (AvgIpc) is 2.94. The molecule has 0 aliphatic carbocycles. The first-order valence-electron chi connectivity index (χ1n) is 5.36. The lowest BCUT2D eigenvalue weighted by Gasteiger charge is -2.21. The second kappa shape index (κ2) is 4.96. The molecule has 2 heterocycles. The molecule has 0 spiro atoms. The van der Waals surface area contributed by atoms with Gasteiger partial charge in [-0.25, -0.2) is 14.6 Å². The highest BCUT2D eigenvalue weighted by molar-refractivity contribution is 8.06. The van der Waals surface area contributed by atoms with Crippen LogP contribution in [0.5, 0.6) is 0 Å². The van der Waals surface area contributed by atoms with Crippen LogP contribution >= 0.6 is 11.9 Å². The van der Waals surface area contributed by atoms with E-state index in [1.165, 1.54) is 18.1 Å². The van der Waals surface area contributed by atoms with Crippen LogP contribution in [0.2, 0.25) is 0 Å². The maximum Gasteiger partial charge on any atom is 0.343 e. The predicted molar refractivity (Wildman–Crippen MR) is 68.8 cm³/mol. The molecule has 0 aromatic carbocycles. The van der Waals surface area contributed by atoms with Gasteiger partial charge in [-0.3, -0.25) is 0 Å². The first-order chi connectivity index (χ1) is 8.54. The van der Waals surface area contributed by atoms with Crippen molar-refractivity contribution < 1.29 is 4.92 Å². The summed E-state index contributed by atoms with van der Waals surface area (Å²) in [7, 11) is 3.79. The lowest BCUT2D eigenvalue weighted by molar-refractivity contribution is -0.392. The molecular formula is C9H14N6O2S. The summed E-state index contributed by atoms with van der Waals surface area (Å²) in [6.45, 7) is 2.36. The Morgan fingerprint density at radius 3 is 2.83 bits per heavy atom. The summed E-state index contributed by atoms with van der Waals surface area (Å²) >= 11 is 1.43. The van der Waals surface area contributed by atoms with E-state index in [2.05, 4.69) is 10.4 Å². The van der Waals surface area contributed by atoms with Crippen LogP contribution in [0.15, 0.2) is 12.4 Å². The zero-order valence-electron chi connectivity index (χ0n) is 10.3. The van der Waals surface area contributed by atoms with E-state index in [-0.39, 0.29) is 5.82 Å². The molecular weight excluding hydrogens is 256 g/mol. The van der Waals surface area contributed by atoms with Gasteiger partial charge in [0.05, 0.1) is 6.54 Å². The van der Waals surface area contributed by atoms with Gasteiger partial charge in [-0.15, -0.1) is 0 Å². The molecule has 1 aromatic rings. The Hall–Kier alpha value is -1.58. The van der Waals surface area contributed by atoms with Crippen LogP contribution < -0.4 is 5.43 Å². The molecule has 0 saturated heterocycles. The Bertz CT molecular complexity index is 497. The smallest absolute Gasteiger partial charge is 0.343 e.